The van der Waals surface area contributed by atoms with Crippen LogP contribution >= 0.6 is 11.3 Å². The Kier molecular flexibility index (Phi) is 6.72. The van der Waals surface area contributed by atoms with Crippen LogP contribution in [-0.4, -0.2) is 21.8 Å². The minimum atomic E-state index is -0.901. The van der Waals surface area contributed by atoms with Gasteiger partial charge >= 0.3 is 0 Å². The van der Waals surface area contributed by atoms with Gasteiger partial charge in [0, 0.05) is 0 Å². The summed E-state index contributed by atoms with van der Waals surface area (Å²) >= 11 is 1.34. The van der Waals surface area contributed by atoms with Gasteiger partial charge in [0.2, 0.25) is 0 Å². The SMILES string of the molecule is Cc1ccc2nc(N3C(=O)C(O)=C(C(=O)/C=C/c4ccccc4)C3c3cccc(Oc4ccccc4)c3)sc2c1. The van der Waals surface area contributed by atoms with Crippen LogP contribution in [0.2, 0.25) is 0 Å². The van der Waals surface area contributed by atoms with Crippen LogP contribution in [0, 0.1) is 6.92 Å². The molecule has 2 heterocycles. The predicted octanol–water partition coefficient (Wildman–Crippen LogP) is 7.58. The number of aromatic nitrogens is 1. The van der Waals surface area contributed by atoms with E-state index in [1.54, 1.807) is 24.3 Å². The minimum Gasteiger partial charge on any atom is -0.503 e. The minimum absolute atomic E-state index is 0.00974. The molecule has 0 aliphatic carbocycles. The van der Waals surface area contributed by atoms with E-state index in [1.807, 2.05) is 91.9 Å². The van der Waals surface area contributed by atoms with E-state index >= 15 is 0 Å². The Morgan fingerprint density at radius 3 is 2.42 bits per heavy atom. The molecule has 40 heavy (non-hydrogen) atoms. The van der Waals surface area contributed by atoms with Crippen molar-refractivity contribution in [3.8, 4) is 11.5 Å². The van der Waals surface area contributed by atoms with Crippen LogP contribution in [0.15, 0.2) is 121 Å². The number of benzene rings is 4. The zero-order valence-electron chi connectivity index (χ0n) is 21.5. The van der Waals surface area contributed by atoms with Crippen molar-refractivity contribution in [3.63, 3.8) is 0 Å². The van der Waals surface area contributed by atoms with Crippen LogP contribution in [0.3, 0.4) is 0 Å². The van der Waals surface area contributed by atoms with E-state index < -0.39 is 23.5 Å². The monoisotopic (exact) mass is 544 g/mol. The summed E-state index contributed by atoms with van der Waals surface area (Å²) in [4.78, 5) is 33.3. The highest BCUT2D eigenvalue weighted by molar-refractivity contribution is 7.22. The lowest BCUT2D eigenvalue weighted by Crippen LogP contribution is -2.30. The van der Waals surface area contributed by atoms with Gasteiger partial charge in [0.15, 0.2) is 16.7 Å². The number of anilines is 1. The second-order valence-electron chi connectivity index (χ2n) is 9.40. The average molecular weight is 545 g/mol. The van der Waals surface area contributed by atoms with Gasteiger partial charge in [-0.1, -0.05) is 84.1 Å². The smallest absolute Gasteiger partial charge is 0.296 e. The second-order valence-corrected chi connectivity index (χ2v) is 10.4. The number of ether oxygens (including phenoxy) is 1. The Balaban J connectivity index is 1.44. The van der Waals surface area contributed by atoms with Gasteiger partial charge in [-0.2, -0.15) is 0 Å². The lowest BCUT2D eigenvalue weighted by atomic mass is 9.95. The number of nitrogens with zero attached hydrogens (tertiary/aromatic N) is 2. The predicted molar refractivity (Wildman–Crippen MR) is 158 cm³/mol. The van der Waals surface area contributed by atoms with Gasteiger partial charge in [-0.05, 0) is 66.1 Å². The normalized spacial score (nSPS) is 15.4. The molecule has 6 rings (SSSR count). The highest BCUT2D eigenvalue weighted by atomic mass is 32.1. The molecule has 7 heteroatoms. The summed E-state index contributed by atoms with van der Waals surface area (Å²) in [5.74, 6) is -0.534. The van der Waals surface area contributed by atoms with Gasteiger partial charge in [-0.25, -0.2) is 4.98 Å². The standard InChI is InChI=1S/C33H24N2O4S/c1-21-15-17-26-28(19-21)40-33(34-26)35-30(23-11-8-14-25(20-23)39-24-12-6-3-7-13-24)29(31(37)32(35)38)27(36)18-16-22-9-4-2-5-10-22/h2-20,30,37H,1H3/b18-16+. The summed E-state index contributed by atoms with van der Waals surface area (Å²) in [5, 5.41) is 11.5. The molecule has 1 N–H and O–H groups in total. The molecular weight excluding hydrogens is 520 g/mol. The first-order chi connectivity index (χ1) is 19.5. The maximum atomic E-state index is 13.6. The first kappa shape index (κ1) is 25.3. The second kappa shape index (κ2) is 10.6. The fraction of sp³-hybridized carbons (Fsp3) is 0.0606. The number of amides is 1. The fourth-order valence-corrected chi connectivity index (χ4v) is 5.78. The molecule has 1 unspecified atom stereocenters. The van der Waals surface area contributed by atoms with Crippen molar-refractivity contribution in [1.82, 2.24) is 4.98 Å². The Labute approximate surface area is 235 Å². The third-order valence-corrected chi connectivity index (χ3v) is 7.61. The van der Waals surface area contributed by atoms with Crippen molar-refractivity contribution in [2.75, 3.05) is 4.90 Å². The number of hydrogen-bond acceptors (Lipinski definition) is 6. The van der Waals surface area contributed by atoms with E-state index in [0.29, 0.717) is 22.2 Å². The van der Waals surface area contributed by atoms with Crippen LogP contribution in [0.1, 0.15) is 22.7 Å². The number of ketones is 1. The first-order valence-corrected chi connectivity index (χ1v) is 13.5. The molecule has 196 valence electrons. The zero-order chi connectivity index (χ0) is 27.6. The highest BCUT2D eigenvalue weighted by Crippen LogP contribution is 2.44. The Morgan fingerprint density at radius 1 is 0.925 bits per heavy atom. The maximum absolute atomic E-state index is 13.6. The first-order valence-electron chi connectivity index (χ1n) is 12.7. The van der Waals surface area contributed by atoms with E-state index in [0.717, 1.165) is 21.3 Å². The van der Waals surface area contributed by atoms with Gasteiger partial charge in [0.1, 0.15) is 11.5 Å². The molecule has 4 aromatic carbocycles. The van der Waals surface area contributed by atoms with Crippen molar-refractivity contribution in [2.45, 2.75) is 13.0 Å². The lowest BCUT2D eigenvalue weighted by Gasteiger charge is -2.24. The van der Waals surface area contributed by atoms with Crippen molar-refractivity contribution in [3.05, 3.63) is 137 Å². The molecule has 5 aromatic rings. The van der Waals surface area contributed by atoms with Crippen molar-refractivity contribution < 1.29 is 19.4 Å². The number of hydrogen-bond donors (Lipinski definition) is 1. The summed E-state index contributed by atoms with van der Waals surface area (Å²) in [5.41, 5.74) is 3.23. The topological polar surface area (TPSA) is 79.7 Å². The Bertz CT molecular complexity index is 1790. The van der Waals surface area contributed by atoms with Gasteiger partial charge < -0.3 is 9.84 Å². The number of aliphatic hydroxyl groups excluding tert-OH is 1. The number of para-hydroxylation sites is 1. The highest BCUT2D eigenvalue weighted by Gasteiger charge is 2.45. The van der Waals surface area contributed by atoms with Gasteiger partial charge in [-0.3, -0.25) is 14.5 Å². The fourth-order valence-electron chi connectivity index (χ4n) is 4.69. The van der Waals surface area contributed by atoms with Crippen LogP contribution in [0.4, 0.5) is 5.13 Å². The number of thiazole rings is 1. The number of fused-ring (bicyclic) bond motifs is 1. The number of allylic oxidation sites excluding steroid dienone is 1. The number of rotatable bonds is 7. The van der Waals surface area contributed by atoms with E-state index in [4.69, 9.17) is 9.72 Å². The van der Waals surface area contributed by atoms with Crippen LogP contribution in [0.25, 0.3) is 16.3 Å². The van der Waals surface area contributed by atoms with E-state index in [9.17, 15) is 14.7 Å². The summed E-state index contributed by atoms with van der Waals surface area (Å²) in [7, 11) is 0. The largest absolute Gasteiger partial charge is 0.503 e. The zero-order valence-corrected chi connectivity index (χ0v) is 22.3. The molecule has 0 radical (unpaired) electrons. The summed E-state index contributed by atoms with van der Waals surface area (Å²) in [6, 6.07) is 30.9. The number of aryl methyl sites for hydroxylation is 1. The van der Waals surface area contributed by atoms with Gasteiger partial charge in [0.25, 0.3) is 5.91 Å². The number of carbonyl (C=O) groups is 2. The van der Waals surface area contributed by atoms with Gasteiger partial charge in [-0.15, -0.1) is 0 Å². The third-order valence-electron chi connectivity index (χ3n) is 6.59. The van der Waals surface area contributed by atoms with Gasteiger partial charge in [0.05, 0.1) is 21.8 Å². The van der Waals surface area contributed by atoms with Crippen LogP contribution in [-0.2, 0) is 9.59 Å². The molecule has 1 aliphatic rings. The van der Waals surface area contributed by atoms with Crippen molar-refractivity contribution >= 4 is 44.5 Å². The summed E-state index contributed by atoms with van der Waals surface area (Å²) in [6.07, 6.45) is 3.05. The quantitative estimate of drug-likeness (QED) is 0.214. The summed E-state index contributed by atoms with van der Waals surface area (Å²) in [6.45, 7) is 1.99. The van der Waals surface area contributed by atoms with E-state index in [2.05, 4.69) is 0 Å². The van der Waals surface area contributed by atoms with Crippen molar-refractivity contribution in [2.24, 2.45) is 0 Å². The number of aliphatic hydroxyl groups is 1. The average Bonchev–Trinajstić information content (AvgIpc) is 3.50. The molecule has 0 bridgehead atoms. The molecule has 0 spiro atoms. The van der Waals surface area contributed by atoms with E-state index in [1.165, 1.54) is 22.3 Å². The third kappa shape index (κ3) is 4.90. The molecule has 1 aromatic heterocycles. The maximum Gasteiger partial charge on any atom is 0.296 e. The molecule has 1 aliphatic heterocycles. The molecule has 0 saturated heterocycles. The van der Waals surface area contributed by atoms with Crippen molar-refractivity contribution in [1.29, 1.82) is 0 Å². The molecule has 0 saturated carbocycles. The molecule has 6 nitrogen and oxygen atoms in total. The molecule has 0 fully saturated rings. The lowest BCUT2D eigenvalue weighted by molar-refractivity contribution is -0.117. The Hall–Kier alpha value is -5.01. The molecule has 1 amide bonds. The van der Waals surface area contributed by atoms with Crippen LogP contribution in [0.5, 0.6) is 11.5 Å². The van der Waals surface area contributed by atoms with E-state index in [-0.39, 0.29) is 5.57 Å². The number of carbonyl (C=O) groups excluding carboxylic acids is 2. The molecule has 1 atom stereocenters. The Morgan fingerprint density at radius 2 is 1.65 bits per heavy atom. The summed E-state index contributed by atoms with van der Waals surface area (Å²) < 4.78 is 6.95. The van der Waals surface area contributed by atoms with Crippen LogP contribution < -0.4 is 9.64 Å². The molecular formula is C33H24N2O4S.